The summed E-state index contributed by atoms with van der Waals surface area (Å²) in [7, 11) is 0. The van der Waals surface area contributed by atoms with Gasteiger partial charge in [0.15, 0.2) is 0 Å². The molecule has 0 bridgehead atoms. The van der Waals surface area contributed by atoms with E-state index in [1.165, 1.54) is 11.1 Å². The summed E-state index contributed by atoms with van der Waals surface area (Å²) in [6.07, 6.45) is 2.00. The highest BCUT2D eigenvalue weighted by Crippen LogP contribution is 2.30. The van der Waals surface area contributed by atoms with Gasteiger partial charge in [-0.1, -0.05) is 36.4 Å². The standard InChI is InChI=1S/C22H23N3O/c1-15-12-16(2)25(24-15)14-17-6-5-8-19(13-17)22(26)23-21-11-10-18-7-3-4-9-20(18)21/h3-9,12-13,21H,10-11,14H2,1-2H3,(H,23,26)/t21-/m1/s1. The molecule has 4 nitrogen and oxygen atoms in total. The summed E-state index contributed by atoms with van der Waals surface area (Å²) in [4.78, 5) is 12.8. The molecule has 26 heavy (non-hydrogen) atoms. The number of fused-ring (bicyclic) bond motifs is 1. The van der Waals surface area contributed by atoms with Crippen LogP contribution in [-0.4, -0.2) is 15.7 Å². The Bertz CT molecular complexity index is 958. The first-order chi connectivity index (χ1) is 12.6. The van der Waals surface area contributed by atoms with E-state index in [1.807, 2.05) is 48.9 Å². The quantitative estimate of drug-likeness (QED) is 0.778. The average Bonchev–Trinajstić information content (AvgIpc) is 3.18. The number of amides is 1. The van der Waals surface area contributed by atoms with Gasteiger partial charge in [0.2, 0.25) is 0 Å². The molecule has 0 saturated heterocycles. The predicted molar refractivity (Wildman–Crippen MR) is 102 cm³/mol. The molecule has 0 fully saturated rings. The molecule has 1 heterocycles. The lowest BCUT2D eigenvalue weighted by molar-refractivity contribution is 0.0936. The molecule has 1 atom stereocenters. The van der Waals surface area contributed by atoms with Crippen molar-refractivity contribution in [2.75, 3.05) is 0 Å². The number of aromatic nitrogens is 2. The zero-order valence-corrected chi connectivity index (χ0v) is 15.2. The number of carbonyl (C=O) groups excluding carboxylic acids is 1. The normalized spacial score (nSPS) is 15.7. The van der Waals surface area contributed by atoms with Crippen LogP contribution in [0.4, 0.5) is 0 Å². The van der Waals surface area contributed by atoms with Gasteiger partial charge in [-0.2, -0.15) is 5.10 Å². The van der Waals surface area contributed by atoms with Crippen LogP contribution in [0.2, 0.25) is 0 Å². The van der Waals surface area contributed by atoms with E-state index in [0.29, 0.717) is 12.1 Å². The Balaban J connectivity index is 1.50. The van der Waals surface area contributed by atoms with Gasteiger partial charge >= 0.3 is 0 Å². The van der Waals surface area contributed by atoms with Crippen LogP contribution in [0.25, 0.3) is 0 Å². The number of aryl methyl sites for hydroxylation is 3. The molecular formula is C22H23N3O. The van der Waals surface area contributed by atoms with Gasteiger partial charge in [0.1, 0.15) is 0 Å². The third-order valence-corrected chi connectivity index (χ3v) is 5.06. The first-order valence-electron chi connectivity index (χ1n) is 9.09. The van der Waals surface area contributed by atoms with Crippen LogP contribution in [0.1, 0.15) is 50.9 Å². The van der Waals surface area contributed by atoms with Gasteiger partial charge in [-0.3, -0.25) is 9.48 Å². The summed E-state index contributed by atoms with van der Waals surface area (Å²) in [5, 5.41) is 7.70. The summed E-state index contributed by atoms with van der Waals surface area (Å²) in [6, 6.07) is 18.4. The fourth-order valence-corrected chi connectivity index (χ4v) is 3.77. The van der Waals surface area contributed by atoms with Crippen LogP contribution in [-0.2, 0) is 13.0 Å². The van der Waals surface area contributed by atoms with Crippen molar-refractivity contribution in [3.8, 4) is 0 Å². The first kappa shape index (κ1) is 16.6. The number of nitrogens with zero attached hydrogens (tertiary/aromatic N) is 2. The van der Waals surface area contributed by atoms with Gasteiger partial charge in [0.25, 0.3) is 5.91 Å². The average molecular weight is 345 g/mol. The molecule has 2 aromatic carbocycles. The first-order valence-corrected chi connectivity index (χ1v) is 9.09. The second-order valence-electron chi connectivity index (χ2n) is 7.05. The Labute approximate surface area is 153 Å². The van der Waals surface area contributed by atoms with Gasteiger partial charge in [-0.25, -0.2) is 0 Å². The summed E-state index contributed by atoms with van der Waals surface area (Å²) in [5.41, 5.74) is 6.51. The van der Waals surface area contributed by atoms with Crippen molar-refractivity contribution < 1.29 is 4.79 Å². The third-order valence-electron chi connectivity index (χ3n) is 5.06. The zero-order chi connectivity index (χ0) is 18.1. The fourth-order valence-electron chi connectivity index (χ4n) is 3.77. The highest BCUT2D eigenvalue weighted by molar-refractivity contribution is 5.94. The van der Waals surface area contributed by atoms with Gasteiger partial charge < -0.3 is 5.32 Å². The van der Waals surface area contributed by atoms with Crippen LogP contribution < -0.4 is 5.32 Å². The molecular weight excluding hydrogens is 322 g/mol. The SMILES string of the molecule is Cc1cc(C)n(Cc2cccc(C(=O)N[C@@H]3CCc4ccccc43)c2)n1. The lowest BCUT2D eigenvalue weighted by atomic mass is 10.1. The molecule has 1 amide bonds. The van der Waals surface area contributed by atoms with Gasteiger partial charge in [0, 0.05) is 11.3 Å². The molecule has 0 saturated carbocycles. The van der Waals surface area contributed by atoms with Crippen molar-refractivity contribution in [3.05, 3.63) is 88.2 Å². The Morgan fingerprint density at radius 3 is 2.81 bits per heavy atom. The van der Waals surface area contributed by atoms with Crippen LogP contribution in [0.5, 0.6) is 0 Å². The topological polar surface area (TPSA) is 46.9 Å². The minimum Gasteiger partial charge on any atom is -0.345 e. The van der Waals surface area contributed by atoms with Crippen molar-refractivity contribution >= 4 is 5.91 Å². The van der Waals surface area contributed by atoms with E-state index in [-0.39, 0.29) is 11.9 Å². The van der Waals surface area contributed by atoms with Crippen molar-refractivity contribution in [1.82, 2.24) is 15.1 Å². The van der Waals surface area contributed by atoms with E-state index >= 15 is 0 Å². The number of rotatable bonds is 4. The molecule has 1 aromatic heterocycles. The molecule has 0 spiro atoms. The monoisotopic (exact) mass is 345 g/mol. The molecule has 0 aliphatic heterocycles. The Hall–Kier alpha value is -2.88. The lowest BCUT2D eigenvalue weighted by Gasteiger charge is -2.15. The molecule has 1 N–H and O–H groups in total. The summed E-state index contributed by atoms with van der Waals surface area (Å²) in [6.45, 7) is 4.72. The highest BCUT2D eigenvalue weighted by Gasteiger charge is 2.23. The van der Waals surface area contributed by atoms with Gasteiger partial charge in [0.05, 0.1) is 18.3 Å². The van der Waals surface area contributed by atoms with Gasteiger partial charge in [-0.05, 0) is 61.6 Å². The molecule has 0 unspecified atom stereocenters. The van der Waals surface area contributed by atoms with E-state index in [9.17, 15) is 4.79 Å². The second-order valence-corrected chi connectivity index (χ2v) is 7.05. The highest BCUT2D eigenvalue weighted by atomic mass is 16.1. The third kappa shape index (κ3) is 3.27. The number of hydrogen-bond acceptors (Lipinski definition) is 2. The molecule has 1 aliphatic carbocycles. The van der Waals surface area contributed by atoms with E-state index in [1.54, 1.807) is 0 Å². The Morgan fingerprint density at radius 1 is 1.15 bits per heavy atom. The number of nitrogens with one attached hydrogen (secondary N) is 1. The maximum Gasteiger partial charge on any atom is 0.251 e. The Morgan fingerprint density at radius 2 is 2.00 bits per heavy atom. The van der Waals surface area contributed by atoms with E-state index in [0.717, 1.165) is 29.8 Å². The van der Waals surface area contributed by atoms with E-state index in [2.05, 4.69) is 34.7 Å². The molecule has 3 aromatic rings. The van der Waals surface area contributed by atoms with E-state index < -0.39 is 0 Å². The van der Waals surface area contributed by atoms with Crippen molar-refractivity contribution in [2.24, 2.45) is 0 Å². The number of hydrogen-bond donors (Lipinski definition) is 1. The minimum atomic E-state index is -0.0121. The maximum atomic E-state index is 12.8. The molecule has 0 radical (unpaired) electrons. The summed E-state index contributed by atoms with van der Waals surface area (Å²) >= 11 is 0. The van der Waals surface area contributed by atoms with Crippen molar-refractivity contribution in [1.29, 1.82) is 0 Å². The van der Waals surface area contributed by atoms with Gasteiger partial charge in [-0.15, -0.1) is 0 Å². The summed E-state index contributed by atoms with van der Waals surface area (Å²) in [5.74, 6) is -0.0121. The predicted octanol–water partition coefficient (Wildman–Crippen LogP) is 3.97. The fraction of sp³-hybridized carbons (Fsp3) is 0.273. The van der Waals surface area contributed by atoms with Crippen molar-refractivity contribution in [2.45, 2.75) is 39.3 Å². The maximum absolute atomic E-state index is 12.8. The molecule has 4 heteroatoms. The summed E-state index contributed by atoms with van der Waals surface area (Å²) < 4.78 is 1.97. The largest absolute Gasteiger partial charge is 0.345 e. The molecule has 1 aliphatic rings. The number of benzene rings is 2. The smallest absolute Gasteiger partial charge is 0.251 e. The number of carbonyl (C=O) groups is 1. The zero-order valence-electron chi connectivity index (χ0n) is 15.2. The second kappa shape index (κ2) is 6.79. The van der Waals surface area contributed by atoms with Crippen LogP contribution >= 0.6 is 0 Å². The minimum absolute atomic E-state index is 0.0121. The van der Waals surface area contributed by atoms with Crippen LogP contribution in [0.3, 0.4) is 0 Å². The molecule has 4 rings (SSSR count). The molecule has 132 valence electrons. The van der Waals surface area contributed by atoms with E-state index in [4.69, 9.17) is 0 Å². The van der Waals surface area contributed by atoms with Crippen LogP contribution in [0, 0.1) is 13.8 Å². The van der Waals surface area contributed by atoms with Crippen LogP contribution in [0.15, 0.2) is 54.6 Å². The lowest BCUT2D eigenvalue weighted by Crippen LogP contribution is -2.27. The Kier molecular flexibility index (Phi) is 4.33. The van der Waals surface area contributed by atoms with Crippen molar-refractivity contribution in [3.63, 3.8) is 0 Å².